The van der Waals surface area contributed by atoms with E-state index in [1.54, 1.807) is 0 Å². The second kappa shape index (κ2) is 6.13. The number of likely N-dealkylation sites (tertiary alicyclic amines) is 2. The number of carbonyl (C=O) groups excluding carboxylic acids is 1. The summed E-state index contributed by atoms with van der Waals surface area (Å²) in [5, 5.41) is 3.86. The predicted octanol–water partition coefficient (Wildman–Crippen LogP) is 1.74. The Morgan fingerprint density at radius 2 is 2.05 bits per heavy atom. The van der Waals surface area contributed by atoms with Crippen LogP contribution in [0.1, 0.15) is 50.7 Å². The van der Waals surface area contributed by atoms with Crippen molar-refractivity contribution in [2.75, 3.05) is 13.1 Å². The molecular weight excluding hydrogens is 268 g/mol. The molecule has 0 radical (unpaired) electrons. The first-order valence-corrected chi connectivity index (χ1v) is 8.01. The van der Waals surface area contributed by atoms with Crippen LogP contribution in [0.15, 0.2) is 4.52 Å². The number of carbonyl (C=O) groups is 1. The van der Waals surface area contributed by atoms with E-state index in [0.717, 1.165) is 32.4 Å². The quantitative estimate of drug-likeness (QED) is 0.846. The number of hydrogen-bond donors (Lipinski definition) is 0. The zero-order valence-corrected chi connectivity index (χ0v) is 12.9. The van der Waals surface area contributed by atoms with Gasteiger partial charge in [0, 0.05) is 25.0 Å². The highest BCUT2D eigenvalue weighted by molar-refractivity contribution is 5.76. The molecule has 1 aromatic heterocycles. The molecule has 0 aliphatic carbocycles. The van der Waals surface area contributed by atoms with Crippen LogP contribution in [0, 0.1) is 6.92 Å². The molecule has 0 saturated carbocycles. The molecule has 1 amide bonds. The fraction of sp³-hybridized carbons (Fsp3) is 0.800. The van der Waals surface area contributed by atoms with Gasteiger partial charge < -0.3 is 9.42 Å². The second-order valence-corrected chi connectivity index (χ2v) is 6.07. The van der Waals surface area contributed by atoms with Crippen molar-refractivity contribution in [2.24, 2.45) is 0 Å². The summed E-state index contributed by atoms with van der Waals surface area (Å²) in [6.07, 6.45) is 5.19. The number of nitrogens with zero attached hydrogens (tertiary/aromatic N) is 4. The minimum Gasteiger partial charge on any atom is -0.338 e. The van der Waals surface area contributed by atoms with Gasteiger partial charge in [-0.15, -0.1) is 0 Å². The summed E-state index contributed by atoms with van der Waals surface area (Å²) in [5.41, 5.74) is 0. The smallest absolute Gasteiger partial charge is 0.240 e. The van der Waals surface area contributed by atoms with E-state index in [1.165, 1.54) is 6.42 Å². The fourth-order valence-electron chi connectivity index (χ4n) is 3.77. The van der Waals surface area contributed by atoms with Gasteiger partial charge in [-0.3, -0.25) is 9.69 Å². The molecule has 6 heteroatoms. The third kappa shape index (κ3) is 2.95. The first-order chi connectivity index (χ1) is 10.2. The summed E-state index contributed by atoms with van der Waals surface area (Å²) in [7, 11) is 0. The molecule has 0 unspecified atom stereocenters. The van der Waals surface area contributed by atoms with Crippen molar-refractivity contribution in [2.45, 2.75) is 64.6 Å². The van der Waals surface area contributed by atoms with Crippen molar-refractivity contribution in [3.8, 4) is 0 Å². The molecule has 2 saturated heterocycles. The highest BCUT2D eigenvalue weighted by atomic mass is 16.5. The number of aromatic nitrogens is 2. The molecule has 2 aliphatic heterocycles. The summed E-state index contributed by atoms with van der Waals surface area (Å²) in [6, 6.07) is 0.805. The monoisotopic (exact) mass is 292 g/mol. The number of hydrogen-bond acceptors (Lipinski definition) is 5. The lowest BCUT2D eigenvalue weighted by Gasteiger charge is -2.34. The van der Waals surface area contributed by atoms with E-state index in [9.17, 15) is 4.79 Å². The van der Waals surface area contributed by atoms with Crippen LogP contribution in [-0.4, -0.2) is 51.0 Å². The second-order valence-electron chi connectivity index (χ2n) is 6.07. The van der Waals surface area contributed by atoms with Crippen molar-refractivity contribution >= 4 is 5.91 Å². The molecular formula is C15H24N4O2. The lowest BCUT2D eigenvalue weighted by atomic mass is 10.0. The number of rotatable bonds is 4. The van der Waals surface area contributed by atoms with Crippen LogP contribution >= 0.6 is 0 Å². The summed E-state index contributed by atoms with van der Waals surface area (Å²) < 4.78 is 5.25. The van der Waals surface area contributed by atoms with E-state index in [2.05, 4.69) is 19.9 Å². The van der Waals surface area contributed by atoms with Gasteiger partial charge in [-0.25, -0.2) is 0 Å². The standard InChI is InChI=1S/C15H24N4O2/c1-3-15(20)19-9-5-7-13(19)12-6-4-8-18(12)10-14-16-11(2)17-21-14/h12-13H,3-10H2,1-2H3/t12-,13+/m1/s1. The van der Waals surface area contributed by atoms with Gasteiger partial charge in [0.05, 0.1) is 6.54 Å². The third-order valence-electron chi connectivity index (χ3n) is 4.69. The molecule has 2 atom stereocenters. The van der Waals surface area contributed by atoms with Gasteiger partial charge in [0.2, 0.25) is 11.8 Å². The molecule has 21 heavy (non-hydrogen) atoms. The molecule has 3 rings (SSSR count). The molecule has 2 aliphatic rings. The first kappa shape index (κ1) is 14.5. The Labute approximate surface area is 125 Å². The third-order valence-corrected chi connectivity index (χ3v) is 4.69. The van der Waals surface area contributed by atoms with Crippen LogP contribution in [0.3, 0.4) is 0 Å². The number of amides is 1. The number of aryl methyl sites for hydroxylation is 1. The minimum atomic E-state index is 0.290. The normalized spacial score (nSPS) is 26.7. The van der Waals surface area contributed by atoms with Gasteiger partial charge in [-0.1, -0.05) is 12.1 Å². The van der Waals surface area contributed by atoms with Gasteiger partial charge in [-0.2, -0.15) is 4.98 Å². The van der Waals surface area contributed by atoms with E-state index >= 15 is 0 Å². The Hall–Kier alpha value is -1.43. The van der Waals surface area contributed by atoms with E-state index < -0.39 is 0 Å². The molecule has 0 bridgehead atoms. The van der Waals surface area contributed by atoms with Gasteiger partial charge in [0.25, 0.3) is 0 Å². The van der Waals surface area contributed by atoms with Gasteiger partial charge in [0.1, 0.15) is 0 Å². The van der Waals surface area contributed by atoms with Gasteiger partial charge in [0.15, 0.2) is 5.82 Å². The summed E-state index contributed by atoms with van der Waals surface area (Å²) >= 11 is 0. The lowest BCUT2D eigenvalue weighted by molar-refractivity contribution is -0.132. The fourth-order valence-corrected chi connectivity index (χ4v) is 3.77. The largest absolute Gasteiger partial charge is 0.338 e. The molecule has 0 aromatic carbocycles. The van der Waals surface area contributed by atoms with Crippen molar-refractivity contribution in [3.05, 3.63) is 11.7 Å². The average Bonchev–Trinajstić information content (AvgIpc) is 3.18. The highest BCUT2D eigenvalue weighted by Crippen LogP contribution is 2.31. The average molecular weight is 292 g/mol. The van der Waals surface area contributed by atoms with E-state index in [1.807, 2.05) is 13.8 Å². The van der Waals surface area contributed by atoms with Crippen LogP contribution < -0.4 is 0 Å². The minimum absolute atomic E-state index is 0.290. The molecule has 1 aromatic rings. The zero-order valence-electron chi connectivity index (χ0n) is 12.9. The molecule has 2 fully saturated rings. The maximum atomic E-state index is 12.1. The van der Waals surface area contributed by atoms with Crippen molar-refractivity contribution in [3.63, 3.8) is 0 Å². The van der Waals surface area contributed by atoms with Crippen molar-refractivity contribution < 1.29 is 9.32 Å². The SMILES string of the molecule is CCC(=O)N1CCC[C@H]1[C@H]1CCCN1Cc1nc(C)no1. The van der Waals surface area contributed by atoms with Crippen molar-refractivity contribution in [1.82, 2.24) is 19.9 Å². The van der Waals surface area contributed by atoms with Crippen LogP contribution in [0.2, 0.25) is 0 Å². The Balaban J connectivity index is 1.69. The summed E-state index contributed by atoms with van der Waals surface area (Å²) in [6.45, 7) is 6.46. The Morgan fingerprint density at radius 3 is 2.76 bits per heavy atom. The Bertz CT molecular complexity index is 502. The van der Waals surface area contributed by atoms with Crippen LogP contribution in [0.4, 0.5) is 0 Å². The van der Waals surface area contributed by atoms with E-state index in [0.29, 0.717) is 36.8 Å². The Morgan fingerprint density at radius 1 is 1.29 bits per heavy atom. The van der Waals surface area contributed by atoms with Crippen LogP contribution in [0.25, 0.3) is 0 Å². The summed E-state index contributed by atoms with van der Waals surface area (Å²) in [5.74, 6) is 1.66. The van der Waals surface area contributed by atoms with Gasteiger partial charge in [-0.05, 0) is 39.2 Å². The van der Waals surface area contributed by atoms with E-state index in [4.69, 9.17) is 4.52 Å². The summed E-state index contributed by atoms with van der Waals surface area (Å²) in [4.78, 5) is 20.9. The molecule has 6 nitrogen and oxygen atoms in total. The lowest BCUT2D eigenvalue weighted by Crippen LogP contribution is -2.47. The molecule has 3 heterocycles. The van der Waals surface area contributed by atoms with E-state index in [-0.39, 0.29) is 5.91 Å². The van der Waals surface area contributed by atoms with Crippen LogP contribution in [-0.2, 0) is 11.3 Å². The van der Waals surface area contributed by atoms with Crippen molar-refractivity contribution in [1.29, 1.82) is 0 Å². The molecule has 0 N–H and O–H groups in total. The highest BCUT2D eigenvalue weighted by Gasteiger charge is 2.39. The predicted molar refractivity (Wildman–Crippen MR) is 77.5 cm³/mol. The molecule has 116 valence electrons. The first-order valence-electron chi connectivity index (χ1n) is 8.01. The zero-order chi connectivity index (χ0) is 14.8. The maximum Gasteiger partial charge on any atom is 0.240 e. The van der Waals surface area contributed by atoms with Crippen LogP contribution in [0.5, 0.6) is 0 Å². The maximum absolute atomic E-state index is 12.1. The molecule has 0 spiro atoms. The van der Waals surface area contributed by atoms with Gasteiger partial charge >= 0.3 is 0 Å². The Kier molecular flexibility index (Phi) is 4.24. The topological polar surface area (TPSA) is 62.5 Å².